The van der Waals surface area contributed by atoms with Crippen LogP contribution in [0.2, 0.25) is 0 Å². The molecule has 0 unspecified atom stereocenters. The zero-order chi connectivity index (χ0) is 14.9. The van der Waals surface area contributed by atoms with Gasteiger partial charge in [0.05, 0.1) is 10.5 Å². The van der Waals surface area contributed by atoms with Crippen molar-refractivity contribution in [2.45, 2.75) is 25.5 Å². The number of nitrogens with zero attached hydrogens (tertiary/aromatic N) is 2. The smallest absolute Gasteiger partial charge is 0.282 e. The summed E-state index contributed by atoms with van der Waals surface area (Å²) in [5, 5.41) is 11.1. The van der Waals surface area contributed by atoms with Crippen molar-refractivity contribution < 1.29 is 9.72 Å². The number of nitro groups is 1. The highest BCUT2D eigenvalue weighted by Gasteiger charge is 2.28. The topological polar surface area (TPSA) is 63.5 Å². The van der Waals surface area contributed by atoms with E-state index in [4.69, 9.17) is 0 Å². The van der Waals surface area contributed by atoms with Crippen molar-refractivity contribution in [3.05, 3.63) is 33.9 Å². The summed E-state index contributed by atoms with van der Waals surface area (Å²) in [5.41, 5.74) is 0.880. The minimum Gasteiger partial charge on any atom is -0.369 e. The summed E-state index contributed by atoms with van der Waals surface area (Å²) in [4.78, 5) is 24.2. The Hall–Kier alpha value is -1.56. The second-order valence-corrected chi connectivity index (χ2v) is 7.35. The lowest BCUT2D eigenvalue weighted by Crippen LogP contribution is -2.43. The van der Waals surface area contributed by atoms with Crippen LogP contribution in [0.3, 0.4) is 0 Å². The first kappa shape index (κ1) is 14.8. The molecule has 5 nitrogen and oxygen atoms in total. The largest absolute Gasteiger partial charge is 0.369 e. The lowest BCUT2D eigenvalue weighted by Gasteiger charge is -2.38. The maximum atomic E-state index is 11.4. The van der Waals surface area contributed by atoms with Gasteiger partial charge in [0, 0.05) is 35.3 Å². The molecule has 0 aliphatic carbocycles. The molecule has 20 heavy (non-hydrogen) atoms. The van der Waals surface area contributed by atoms with Gasteiger partial charge in [0.2, 0.25) is 0 Å². The second-order valence-electron chi connectivity index (χ2n) is 5.54. The molecule has 0 radical (unpaired) electrons. The van der Waals surface area contributed by atoms with Crippen LogP contribution in [0.1, 0.15) is 31.1 Å². The number of hydrogen-bond donors (Lipinski definition) is 0. The summed E-state index contributed by atoms with van der Waals surface area (Å²) in [6.45, 7) is 7.39. The molecule has 1 aromatic carbocycles. The van der Waals surface area contributed by atoms with Gasteiger partial charge in [-0.25, -0.2) is 0 Å². The molecule has 0 N–H and O–H groups in total. The summed E-state index contributed by atoms with van der Waals surface area (Å²) < 4.78 is 0.131. The highest BCUT2D eigenvalue weighted by atomic mass is 32.2. The van der Waals surface area contributed by atoms with Gasteiger partial charge in [-0.15, -0.1) is 0 Å². The molecule has 6 heteroatoms. The molecule has 0 bridgehead atoms. The molecule has 1 aromatic rings. The van der Waals surface area contributed by atoms with E-state index in [0.717, 1.165) is 24.5 Å². The normalized spacial score (nSPS) is 17.9. The fourth-order valence-corrected chi connectivity index (χ4v) is 3.51. The van der Waals surface area contributed by atoms with E-state index in [-0.39, 0.29) is 21.8 Å². The third kappa shape index (κ3) is 3.12. The average molecular weight is 294 g/mol. The van der Waals surface area contributed by atoms with Gasteiger partial charge in [-0.2, -0.15) is 11.8 Å². The number of benzene rings is 1. The van der Waals surface area contributed by atoms with Gasteiger partial charge < -0.3 is 4.90 Å². The molecule has 0 atom stereocenters. The molecular formula is C14H18N2O3S. The lowest BCUT2D eigenvalue weighted by atomic mass is 10.1. The summed E-state index contributed by atoms with van der Waals surface area (Å²) in [6.07, 6.45) is 0. The molecule has 1 heterocycles. The van der Waals surface area contributed by atoms with Crippen molar-refractivity contribution >= 4 is 28.9 Å². The molecule has 0 aromatic heterocycles. The summed E-state index contributed by atoms with van der Waals surface area (Å²) in [5.74, 6) is 0.715. The molecule has 0 saturated carbocycles. The van der Waals surface area contributed by atoms with E-state index < -0.39 is 4.92 Å². The van der Waals surface area contributed by atoms with Gasteiger partial charge in [-0.1, -0.05) is 0 Å². The predicted molar refractivity (Wildman–Crippen MR) is 81.9 cm³/mol. The zero-order valence-electron chi connectivity index (χ0n) is 11.9. The van der Waals surface area contributed by atoms with Crippen LogP contribution in [-0.4, -0.2) is 34.3 Å². The SMILES string of the molecule is CC(=O)c1ccc(N2CCSC(C)(C)C2)cc1[N+](=O)[O-]. The molecule has 1 aliphatic heterocycles. The van der Waals surface area contributed by atoms with Crippen LogP contribution >= 0.6 is 11.8 Å². The number of thioether (sulfide) groups is 1. The minimum absolute atomic E-state index is 0.106. The van der Waals surface area contributed by atoms with Crippen LogP contribution in [0.5, 0.6) is 0 Å². The third-order valence-corrected chi connectivity index (χ3v) is 4.65. The van der Waals surface area contributed by atoms with Crippen molar-refractivity contribution in [1.82, 2.24) is 0 Å². The van der Waals surface area contributed by atoms with Gasteiger partial charge in [0.15, 0.2) is 5.78 Å². The fraction of sp³-hybridized carbons (Fsp3) is 0.500. The summed E-state index contributed by atoms with van der Waals surface area (Å²) >= 11 is 1.91. The molecule has 1 aliphatic rings. The van der Waals surface area contributed by atoms with E-state index in [2.05, 4.69) is 18.7 Å². The van der Waals surface area contributed by atoms with Crippen molar-refractivity contribution in [2.75, 3.05) is 23.7 Å². The molecular weight excluding hydrogens is 276 g/mol. The highest BCUT2D eigenvalue weighted by Crippen LogP contribution is 2.34. The molecule has 1 saturated heterocycles. The number of nitro benzene ring substituents is 1. The highest BCUT2D eigenvalue weighted by molar-refractivity contribution is 8.00. The molecule has 108 valence electrons. The number of rotatable bonds is 3. The Morgan fingerprint density at radius 2 is 2.15 bits per heavy atom. The van der Waals surface area contributed by atoms with Crippen LogP contribution in [0.15, 0.2) is 18.2 Å². The maximum absolute atomic E-state index is 11.4. The van der Waals surface area contributed by atoms with Crippen LogP contribution in [0.25, 0.3) is 0 Å². The van der Waals surface area contributed by atoms with Crippen LogP contribution < -0.4 is 4.90 Å². The second kappa shape index (κ2) is 5.44. The van der Waals surface area contributed by atoms with Crippen LogP contribution in [0, 0.1) is 10.1 Å². The Balaban J connectivity index is 2.36. The van der Waals surface area contributed by atoms with Crippen molar-refractivity contribution in [2.24, 2.45) is 0 Å². The van der Waals surface area contributed by atoms with Crippen molar-refractivity contribution in [3.8, 4) is 0 Å². The Morgan fingerprint density at radius 1 is 1.45 bits per heavy atom. The zero-order valence-corrected chi connectivity index (χ0v) is 12.7. The first-order valence-electron chi connectivity index (χ1n) is 6.48. The third-order valence-electron chi connectivity index (χ3n) is 3.35. The Morgan fingerprint density at radius 3 is 2.70 bits per heavy atom. The van der Waals surface area contributed by atoms with Crippen molar-refractivity contribution in [3.63, 3.8) is 0 Å². The number of Topliss-reactive ketones (excluding diaryl/α,β-unsaturated/α-hetero) is 1. The first-order valence-corrected chi connectivity index (χ1v) is 7.47. The van der Waals surface area contributed by atoms with Gasteiger partial charge in [-0.3, -0.25) is 14.9 Å². The first-order chi connectivity index (χ1) is 9.30. The van der Waals surface area contributed by atoms with Crippen LogP contribution in [-0.2, 0) is 0 Å². The molecule has 0 spiro atoms. The average Bonchev–Trinajstić information content (AvgIpc) is 2.36. The van der Waals surface area contributed by atoms with Gasteiger partial charge >= 0.3 is 0 Å². The predicted octanol–water partition coefficient (Wildman–Crippen LogP) is 3.13. The van der Waals surface area contributed by atoms with Gasteiger partial charge in [-0.05, 0) is 32.9 Å². The van der Waals surface area contributed by atoms with Gasteiger partial charge in [0.25, 0.3) is 5.69 Å². The van der Waals surface area contributed by atoms with E-state index >= 15 is 0 Å². The quantitative estimate of drug-likeness (QED) is 0.487. The Bertz CT molecular complexity index is 557. The molecule has 0 amide bonds. The summed E-state index contributed by atoms with van der Waals surface area (Å²) in [7, 11) is 0. The van der Waals surface area contributed by atoms with E-state index in [9.17, 15) is 14.9 Å². The molecule has 1 fully saturated rings. The van der Waals surface area contributed by atoms with Gasteiger partial charge in [0.1, 0.15) is 0 Å². The number of anilines is 1. The lowest BCUT2D eigenvalue weighted by molar-refractivity contribution is -0.385. The monoisotopic (exact) mass is 294 g/mol. The van der Waals surface area contributed by atoms with E-state index in [0.29, 0.717) is 0 Å². The number of carbonyl (C=O) groups is 1. The fourth-order valence-electron chi connectivity index (χ4n) is 2.40. The van der Waals surface area contributed by atoms with E-state index in [1.54, 1.807) is 12.1 Å². The number of hydrogen-bond acceptors (Lipinski definition) is 5. The summed E-state index contributed by atoms with van der Waals surface area (Å²) in [6, 6.07) is 4.88. The Kier molecular flexibility index (Phi) is 4.04. The standard InChI is InChI=1S/C14H18N2O3S/c1-10(17)12-5-4-11(8-13(12)16(18)19)15-6-7-20-14(2,3)9-15/h4-5,8H,6-7,9H2,1-3H3. The number of ketones is 1. The Labute approximate surface area is 122 Å². The van der Waals surface area contributed by atoms with E-state index in [1.807, 2.05) is 11.8 Å². The number of carbonyl (C=O) groups excluding carboxylic acids is 1. The molecule has 2 rings (SSSR count). The maximum Gasteiger partial charge on any atom is 0.282 e. The van der Waals surface area contributed by atoms with Crippen molar-refractivity contribution in [1.29, 1.82) is 0 Å². The van der Waals surface area contributed by atoms with E-state index in [1.165, 1.54) is 13.0 Å². The van der Waals surface area contributed by atoms with Crippen LogP contribution in [0.4, 0.5) is 11.4 Å². The minimum atomic E-state index is -0.482.